The molecule has 1 aromatic rings. The smallest absolute Gasteiger partial charge is 0.127 e. The minimum absolute atomic E-state index is 0.106. The third kappa shape index (κ3) is 2.63. The van der Waals surface area contributed by atoms with Crippen molar-refractivity contribution in [2.45, 2.75) is 39.0 Å². The van der Waals surface area contributed by atoms with Gasteiger partial charge >= 0.3 is 0 Å². The van der Waals surface area contributed by atoms with E-state index >= 15 is 0 Å². The third-order valence-corrected chi connectivity index (χ3v) is 4.53. The van der Waals surface area contributed by atoms with E-state index < -0.39 is 0 Å². The lowest BCUT2D eigenvalue weighted by atomic mass is 9.80. The molecule has 1 aliphatic heterocycles. The largest absolute Gasteiger partial charge is 0.497 e. The zero-order chi connectivity index (χ0) is 14.9. The van der Waals surface area contributed by atoms with Gasteiger partial charge in [0.05, 0.1) is 26.4 Å². The average Bonchev–Trinajstić information content (AvgIpc) is 2.70. The van der Waals surface area contributed by atoms with Gasteiger partial charge < -0.3 is 19.9 Å². The molecular formula is C16H25NO3. The molecule has 0 aromatic heterocycles. The van der Waals surface area contributed by atoms with E-state index in [0.717, 1.165) is 17.1 Å². The van der Waals surface area contributed by atoms with Crippen molar-refractivity contribution < 1.29 is 14.2 Å². The minimum atomic E-state index is -0.106. The van der Waals surface area contributed by atoms with E-state index in [2.05, 4.69) is 20.8 Å². The first kappa shape index (κ1) is 15.1. The Labute approximate surface area is 121 Å². The van der Waals surface area contributed by atoms with E-state index in [9.17, 15) is 0 Å². The topological polar surface area (TPSA) is 53.7 Å². The van der Waals surface area contributed by atoms with E-state index in [4.69, 9.17) is 19.9 Å². The van der Waals surface area contributed by atoms with E-state index in [-0.39, 0.29) is 24.2 Å². The fourth-order valence-electron chi connectivity index (χ4n) is 3.21. The molecule has 5 unspecified atom stereocenters. The molecule has 1 aliphatic rings. The molecule has 0 amide bonds. The van der Waals surface area contributed by atoms with Gasteiger partial charge in [0.15, 0.2) is 0 Å². The minimum Gasteiger partial charge on any atom is -0.497 e. The maximum absolute atomic E-state index is 6.51. The lowest BCUT2D eigenvalue weighted by Gasteiger charge is -2.27. The normalized spacial score (nSPS) is 31.1. The molecule has 0 aliphatic carbocycles. The quantitative estimate of drug-likeness (QED) is 0.920. The molecule has 0 radical (unpaired) electrons. The van der Waals surface area contributed by atoms with Crippen LogP contribution in [0.2, 0.25) is 0 Å². The molecule has 1 aromatic carbocycles. The molecule has 0 saturated carbocycles. The van der Waals surface area contributed by atoms with Crippen molar-refractivity contribution in [1.29, 1.82) is 0 Å². The number of methoxy groups -OCH3 is 2. The molecule has 1 saturated heterocycles. The lowest BCUT2D eigenvalue weighted by Crippen LogP contribution is -2.31. The highest BCUT2D eigenvalue weighted by Crippen LogP contribution is 2.42. The Morgan fingerprint density at radius 2 is 1.80 bits per heavy atom. The van der Waals surface area contributed by atoms with Crippen LogP contribution in [-0.4, -0.2) is 26.4 Å². The first-order chi connectivity index (χ1) is 9.49. The highest BCUT2D eigenvalue weighted by Gasteiger charge is 2.41. The first-order valence-electron chi connectivity index (χ1n) is 7.12. The van der Waals surface area contributed by atoms with Crippen LogP contribution in [0.15, 0.2) is 18.2 Å². The van der Waals surface area contributed by atoms with Gasteiger partial charge in [-0.1, -0.05) is 13.0 Å². The Bertz CT molecular complexity index is 463. The molecule has 112 valence electrons. The molecule has 1 fully saturated rings. The number of ether oxygens (including phenoxy) is 3. The van der Waals surface area contributed by atoms with Gasteiger partial charge in [-0.05, 0) is 25.8 Å². The van der Waals surface area contributed by atoms with Crippen LogP contribution in [0.4, 0.5) is 0 Å². The van der Waals surface area contributed by atoms with Gasteiger partial charge in [-0.25, -0.2) is 0 Å². The van der Waals surface area contributed by atoms with Gasteiger partial charge in [-0.3, -0.25) is 0 Å². The van der Waals surface area contributed by atoms with E-state index in [0.29, 0.717) is 5.92 Å². The van der Waals surface area contributed by atoms with Crippen molar-refractivity contribution in [3.05, 3.63) is 23.8 Å². The van der Waals surface area contributed by atoms with Crippen LogP contribution in [0.1, 0.15) is 32.4 Å². The SMILES string of the molecule is COc1ccc(C(N)C2C(C)OC(C)C2C)c(OC)c1. The Balaban J connectivity index is 2.31. The van der Waals surface area contributed by atoms with Crippen molar-refractivity contribution in [2.24, 2.45) is 17.6 Å². The molecule has 4 nitrogen and oxygen atoms in total. The monoisotopic (exact) mass is 279 g/mol. The first-order valence-corrected chi connectivity index (χ1v) is 7.12. The summed E-state index contributed by atoms with van der Waals surface area (Å²) in [5.74, 6) is 2.25. The van der Waals surface area contributed by atoms with Gasteiger partial charge in [-0.15, -0.1) is 0 Å². The van der Waals surface area contributed by atoms with Gasteiger partial charge in [0.1, 0.15) is 11.5 Å². The van der Waals surface area contributed by atoms with E-state index in [1.807, 2.05) is 18.2 Å². The Hall–Kier alpha value is -1.26. The molecule has 20 heavy (non-hydrogen) atoms. The van der Waals surface area contributed by atoms with Gasteiger partial charge in [-0.2, -0.15) is 0 Å². The summed E-state index contributed by atoms with van der Waals surface area (Å²) in [4.78, 5) is 0. The summed E-state index contributed by atoms with van der Waals surface area (Å²) in [5.41, 5.74) is 7.52. The molecule has 1 heterocycles. The predicted molar refractivity (Wildman–Crippen MR) is 79.1 cm³/mol. The average molecular weight is 279 g/mol. The van der Waals surface area contributed by atoms with E-state index in [1.165, 1.54) is 0 Å². The Morgan fingerprint density at radius 3 is 2.30 bits per heavy atom. The van der Waals surface area contributed by atoms with Crippen molar-refractivity contribution in [2.75, 3.05) is 14.2 Å². The summed E-state index contributed by atoms with van der Waals surface area (Å²) in [6, 6.07) is 5.69. The fraction of sp³-hybridized carbons (Fsp3) is 0.625. The Kier molecular flexibility index (Phi) is 4.55. The van der Waals surface area contributed by atoms with Crippen molar-refractivity contribution in [1.82, 2.24) is 0 Å². The molecular weight excluding hydrogens is 254 g/mol. The molecule has 0 spiro atoms. The van der Waals surface area contributed by atoms with Gasteiger partial charge in [0.2, 0.25) is 0 Å². The zero-order valence-electron chi connectivity index (χ0n) is 12.9. The second-order valence-corrected chi connectivity index (χ2v) is 5.62. The second kappa shape index (κ2) is 6.02. The summed E-state index contributed by atoms with van der Waals surface area (Å²) in [6.07, 6.45) is 0.395. The van der Waals surface area contributed by atoms with Gasteiger partial charge in [0.25, 0.3) is 0 Å². The van der Waals surface area contributed by atoms with Crippen LogP contribution < -0.4 is 15.2 Å². The summed E-state index contributed by atoms with van der Waals surface area (Å²) >= 11 is 0. The highest BCUT2D eigenvalue weighted by atomic mass is 16.5. The fourth-order valence-corrected chi connectivity index (χ4v) is 3.21. The van der Waals surface area contributed by atoms with Crippen molar-refractivity contribution >= 4 is 0 Å². The van der Waals surface area contributed by atoms with E-state index in [1.54, 1.807) is 14.2 Å². The second-order valence-electron chi connectivity index (χ2n) is 5.62. The maximum Gasteiger partial charge on any atom is 0.127 e. The standard InChI is InChI=1S/C16H25NO3/c1-9-10(2)20-11(3)15(9)16(17)13-7-6-12(18-4)8-14(13)19-5/h6-11,15-16H,17H2,1-5H3. The number of rotatable bonds is 4. The zero-order valence-corrected chi connectivity index (χ0v) is 12.9. The van der Waals surface area contributed by atoms with Crippen LogP contribution >= 0.6 is 0 Å². The van der Waals surface area contributed by atoms with Crippen LogP contribution in [0.3, 0.4) is 0 Å². The molecule has 4 heteroatoms. The summed E-state index contributed by atoms with van der Waals surface area (Å²) in [6.45, 7) is 6.41. The van der Waals surface area contributed by atoms with Crippen LogP contribution in [0.5, 0.6) is 11.5 Å². The summed E-state index contributed by atoms with van der Waals surface area (Å²) in [5, 5.41) is 0. The molecule has 2 N–H and O–H groups in total. The maximum atomic E-state index is 6.51. The van der Waals surface area contributed by atoms with Gasteiger partial charge in [0, 0.05) is 23.6 Å². The van der Waals surface area contributed by atoms with Crippen LogP contribution in [0, 0.1) is 11.8 Å². The van der Waals surface area contributed by atoms with Crippen LogP contribution in [-0.2, 0) is 4.74 Å². The van der Waals surface area contributed by atoms with Crippen molar-refractivity contribution in [3.63, 3.8) is 0 Å². The Morgan fingerprint density at radius 1 is 1.10 bits per heavy atom. The summed E-state index contributed by atoms with van der Waals surface area (Å²) in [7, 11) is 3.30. The van der Waals surface area contributed by atoms with Crippen molar-refractivity contribution in [3.8, 4) is 11.5 Å². The molecule has 2 rings (SSSR count). The summed E-state index contributed by atoms with van der Waals surface area (Å²) < 4.78 is 16.6. The number of benzene rings is 1. The predicted octanol–water partition coefficient (Wildman–Crippen LogP) is 2.76. The number of nitrogens with two attached hydrogens (primary N) is 1. The third-order valence-electron chi connectivity index (χ3n) is 4.53. The molecule has 0 bridgehead atoms. The lowest BCUT2D eigenvalue weighted by molar-refractivity contribution is 0.0489. The van der Waals surface area contributed by atoms with Crippen LogP contribution in [0.25, 0.3) is 0 Å². The number of hydrogen-bond acceptors (Lipinski definition) is 4. The molecule has 5 atom stereocenters. The highest BCUT2D eigenvalue weighted by molar-refractivity contribution is 5.42. The number of hydrogen-bond donors (Lipinski definition) is 1.